The second-order valence-corrected chi connectivity index (χ2v) is 3.92. The standard InChI is InChI=1S/C13H12N2/c1-9-8-11-10-4-2-3-5-12(10)15-13(11)6-7-14-9/h2-7,15H,8H2,1H3. The zero-order chi connectivity index (χ0) is 10.3. The van der Waals surface area contributed by atoms with E-state index in [-0.39, 0.29) is 0 Å². The van der Waals surface area contributed by atoms with Crippen molar-refractivity contribution in [3.05, 3.63) is 41.7 Å². The van der Waals surface area contributed by atoms with Crippen molar-refractivity contribution >= 4 is 22.7 Å². The van der Waals surface area contributed by atoms with Gasteiger partial charge in [-0.05, 0) is 24.6 Å². The summed E-state index contributed by atoms with van der Waals surface area (Å²) < 4.78 is 0. The molecular weight excluding hydrogens is 184 g/mol. The predicted molar refractivity (Wildman–Crippen MR) is 64.1 cm³/mol. The SMILES string of the molecule is CC1=NC=Cc2[nH]c3ccccc3c2C1. The minimum atomic E-state index is 0.937. The van der Waals surface area contributed by atoms with Crippen LogP contribution in [0.4, 0.5) is 0 Å². The smallest absolute Gasteiger partial charge is 0.0461 e. The Hall–Kier alpha value is -1.83. The van der Waals surface area contributed by atoms with Crippen molar-refractivity contribution in [1.29, 1.82) is 0 Å². The molecule has 0 saturated carbocycles. The summed E-state index contributed by atoms with van der Waals surface area (Å²) in [6.07, 6.45) is 4.86. The number of fused-ring (bicyclic) bond motifs is 3. The van der Waals surface area contributed by atoms with Gasteiger partial charge in [0.2, 0.25) is 0 Å². The number of nitrogens with zero attached hydrogens (tertiary/aromatic N) is 1. The average Bonchev–Trinajstić information content (AvgIpc) is 2.47. The molecular formula is C13H12N2. The number of aliphatic imine (C=N–C) groups is 1. The van der Waals surface area contributed by atoms with Gasteiger partial charge in [-0.15, -0.1) is 0 Å². The van der Waals surface area contributed by atoms with Gasteiger partial charge in [-0.3, -0.25) is 4.99 Å². The second kappa shape index (κ2) is 3.09. The summed E-state index contributed by atoms with van der Waals surface area (Å²) in [5, 5.41) is 1.31. The molecule has 0 fully saturated rings. The molecule has 0 aliphatic carbocycles. The zero-order valence-electron chi connectivity index (χ0n) is 8.62. The van der Waals surface area contributed by atoms with Crippen molar-refractivity contribution in [3.8, 4) is 0 Å². The molecule has 2 aromatic rings. The Bertz CT molecular complexity index is 573. The van der Waals surface area contributed by atoms with Gasteiger partial charge < -0.3 is 4.98 Å². The summed E-state index contributed by atoms with van der Waals surface area (Å²) in [5.41, 5.74) is 4.93. The van der Waals surface area contributed by atoms with Gasteiger partial charge in [-0.2, -0.15) is 0 Å². The van der Waals surface area contributed by atoms with Crippen LogP contribution in [0.2, 0.25) is 0 Å². The first kappa shape index (κ1) is 8.48. The Kier molecular flexibility index (Phi) is 1.75. The van der Waals surface area contributed by atoms with E-state index < -0.39 is 0 Å². The molecule has 15 heavy (non-hydrogen) atoms. The lowest BCUT2D eigenvalue weighted by Crippen LogP contribution is -1.95. The van der Waals surface area contributed by atoms with Crippen molar-refractivity contribution in [2.45, 2.75) is 13.3 Å². The second-order valence-electron chi connectivity index (χ2n) is 3.92. The lowest BCUT2D eigenvalue weighted by atomic mass is 10.1. The highest BCUT2D eigenvalue weighted by molar-refractivity contribution is 5.95. The van der Waals surface area contributed by atoms with Crippen LogP contribution in [0.1, 0.15) is 18.2 Å². The van der Waals surface area contributed by atoms with Crippen molar-refractivity contribution in [3.63, 3.8) is 0 Å². The molecule has 74 valence electrons. The molecule has 1 aliphatic rings. The highest BCUT2D eigenvalue weighted by Crippen LogP contribution is 2.25. The molecule has 0 radical (unpaired) electrons. The van der Waals surface area contributed by atoms with E-state index in [4.69, 9.17) is 0 Å². The Morgan fingerprint density at radius 1 is 1.27 bits per heavy atom. The fourth-order valence-electron chi connectivity index (χ4n) is 2.09. The maximum atomic E-state index is 4.33. The summed E-state index contributed by atoms with van der Waals surface area (Å²) in [7, 11) is 0. The number of rotatable bonds is 0. The Balaban J connectivity index is 2.32. The van der Waals surface area contributed by atoms with E-state index in [9.17, 15) is 0 Å². The molecule has 0 bridgehead atoms. The summed E-state index contributed by atoms with van der Waals surface area (Å²) >= 11 is 0. The normalized spacial score (nSPS) is 14.9. The Morgan fingerprint density at radius 3 is 3.07 bits per heavy atom. The van der Waals surface area contributed by atoms with Gasteiger partial charge in [0.25, 0.3) is 0 Å². The quantitative estimate of drug-likeness (QED) is 0.670. The van der Waals surface area contributed by atoms with Crippen LogP contribution in [0.5, 0.6) is 0 Å². The van der Waals surface area contributed by atoms with Crippen LogP contribution in [0, 0.1) is 0 Å². The van der Waals surface area contributed by atoms with Gasteiger partial charge >= 0.3 is 0 Å². The number of aromatic amines is 1. The highest BCUT2D eigenvalue weighted by atomic mass is 14.8. The summed E-state index contributed by atoms with van der Waals surface area (Å²) in [6, 6.07) is 8.42. The van der Waals surface area contributed by atoms with Gasteiger partial charge in [-0.25, -0.2) is 0 Å². The molecule has 0 saturated heterocycles. The molecule has 0 unspecified atom stereocenters. The van der Waals surface area contributed by atoms with E-state index >= 15 is 0 Å². The lowest BCUT2D eigenvalue weighted by molar-refractivity contribution is 1.30. The molecule has 2 heterocycles. The average molecular weight is 196 g/mol. The summed E-state index contributed by atoms with van der Waals surface area (Å²) in [4.78, 5) is 7.75. The number of H-pyrrole nitrogens is 1. The van der Waals surface area contributed by atoms with E-state index in [1.54, 1.807) is 0 Å². The minimum Gasteiger partial charge on any atom is -0.355 e. The molecule has 2 nitrogen and oxygen atoms in total. The largest absolute Gasteiger partial charge is 0.355 e. The maximum Gasteiger partial charge on any atom is 0.0461 e. The maximum absolute atomic E-state index is 4.33. The summed E-state index contributed by atoms with van der Waals surface area (Å²) in [5.74, 6) is 0. The number of benzene rings is 1. The fourth-order valence-corrected chi connectivity index (χ4v) is 2.09. The molecule has 1 aromatic carbocycles. The lowest BCUT2D eigenvalue weighted by Gasteiger charge is -1.98. The number of hydrogen-bond donors (Lipinski definition) is 1. The van der Waals surface area contributed by atoms with Crippen LogP contribution in [-0.2, 0) is 6.42 Å². The highest BCUT2D eigenvalue weighted by Gasteiger charge is 2.11. The monoisotopic (exact) mass is 196 g/mol. The van der Waals surface area contributed by atoms with E-state index in [0.29, 0.717) is 0 Å². The number of nitrogens with one attached hydrogen (secondary N) is 1. The molecule has 1 aromatic heterocycles. The third-order valence-corrected chi connectivity index (χ3v) is 2.82. The predicted octanol–water partition coefficient (Wildman–Crippen LogP) is 3.16. The number of hydrogen-bond acceptors (Lipinski definition) is 1. The summed E-state index contributed by atoms with van der Waals surface area (Å²) in [6.45, 7) is 2.07. The van der Waals surface area contributed by atoms with Gasteiger partial charge in [0, 0.05) is 34.9 Å². The first-order valence-electron chi connectivity index (χ1n) is 5.14. The van der Waals surface area contributed by atoms with E-state index in [0.717, 1.165) is 12.1 Å². The molecule has 1 N–H and O–H groups in total. The Labute approximate surface area is 88.3 Å². The van der Waals surface area contributed by atoms with Crippen LogP contribution in [0.3, 0.4) is 0 Å². The van der Waals surface area contributed by atoms with Crippen LogP contribution in [0.25, 0.3) is 17.0 Å². The molecule has 1 aliphatic heterocycles. The van der Waals surface area contributed by atoms with E-state index in [1.807, 2.05) is 12.3 Å². The van der Waals surface area contributed by atoms with Crippen molar-refractivity contribution < 1.29 is 0 Å². The third kappa shape index (κ3) is 1.30. The molecule has 0 amide bonds. The molecule has 0 atom stereocenters. The minimum absolute atomic E-state index is 0.937. The van der Waals surface area contributed by atoms with Crippen molar-refractivity contribution in [2.24, 2.45) is 4.99 Å². The third-order valence-electron chi connectivity index (χ3n) is 2.82. The van der Waals surface area contributed by atoms with E-state index in [1.165, 1.54) is 22.2 Å². The first-order chi connectivity index (χ1) is 7.34. The van der Waals surface area contributed by atoms with Crippen molar-refractivity contribution in [2.75, 3.05) is 0 Å². The van der Waals surface area contributed by atoms with Crippen LogP contribution in [-0.4, -0.2) is 10.7 Å². The van der Waals surface area contributed by atoms with E-state index in [2.05, 4.69) is 41.2 Å². The number of para-hydroxylation sites is 1. The zero-order valence-corrected chi connectivity index (χ0v) is 8.62. The van der Waals surface area contributed by atoms with Crippen LogP contribution in [0.15, 0.2) is 35.5 Å². The topological polar surface area (TPSA) is 28.1 Å². The van der Waals surface area contributed by atoms with Gasteiger partial charge in [0.15, 0.2) is 0 Å². The number of aromatic nitrogens is 1. The first-order valence-corrected chi connectivity index (χ1v) is 5.14. The Morgan fingerprint density at radius 2 is 2.13 bits per heavy atom. The fraction of sp³-hybridized carbons (Fsp3) is 0.154. The van der Waals surface area contributed by atoms with Gasteiger partial charge in [-0.1, -0.05) is 18.2 Å². The molecule has 2 heteroatoms. The van der Waals surface area contributed by atoms with Crippen molar-refractivity contribution in [1.82, 2.24) is 4.98 Å². The molecule has 3 rings (SSSR count). The van der Waals surface area contributed by atoms with Gasteiger partial charge in [0.1, 0.15) is 0 Å². The van der Waals surface area contributed by atoms with Gasteiger partial charge in [0.05, 0.1) is 0 Å². The van der Waals surface area contributed by atoms with Crippen LogP contribution < -0.4 is 0 Å². The molecule has 0 spiro atoms. The van der Waals surface area contributed by atoms with Crippen LogP contribution >= 0.6 is 0 Å².